The lowest BCUT2D eigenvalue weighted by molar-refractivity contribution is 0.159. The molecule has 0 spiro atoms. The van der Waals surface area contributed by atoms with E-state index in [2.05, 4.69) is 13.8 Å². The number of nitrogens with two attached hydrogens (primary N) is 2. The van der Waals surface area contributed by atoms with Crippen molar-refractivity contribution in [2.75, 3.05) is 0 Å². The summed E-state index contributed by atoms with van der Waals surface area (Å²) >= 11 is 0. The van der Waals surface area contributed by atoms with Crippen LogP contribution in [0.5, 0.6) is 0 Å². The van der Waals surface area contributed by atoms with E-state index in [-0.39, 0.29) is 11.1 Å². The van der Waals surface area contributed by atoms with Crippen LogP contribution in [0.4, 0.5) is 0 Å². The van der Waals surface area contributed by atoms with Gasteiger partial charge in [0, 0.05) is 11.1 Å². The van der Waals surface area contributed by atoms with Crippen molar-refractivity contribution >= 4 is 0 Å². The Hall–Kier alpha value is -0.0800. The first-order chi connectivity index (χ1) is 5.02. The maximum absolute atomic E-state index is 6.21. The smallest absolute Gasteiger partial charge is 0.0331 e. The lowest BCUT2D eigenvalue weighted by Crippen LogP contribution is -2.65. The van der Waals surface area contributed by atoms with Crippen molar-refractivity contribution in [3.05, 3.63) is 0 Å². The first-order valence-electron chi connectivity index (χ1n) is 4.60. The Labute approximate surface area is 69.3 Å². The molecule has 0 aromatic rings. The predicted molar refractivity (Wildman–Crippen MR) is 48.3 cm³/mol. The van der Waals surface area contributed by atoms with Crippen molar-refractivity contribution in [3.8, 4) is 0 Å². The summed E-state index contributed by atoms with van der Waals surface area (Å²) in [4.78, 5) is 0. The number of hydrogen-bond acceptors (Lipinski definition) is 2. The molecule has 1 aliphatic rings. The predicted octanol–water partition coefficient (Wildman–Crippen LogP) is 1.39. The van der Waals surface area contributed by atoms with Crippen LogP contribution in [0.3, 0.4) is 0 Å². The fourth-order valence-electron chi connectivity index (χ4n) is 2.05. The average molecular weight is 156 g/mol. The molecule has 0 aliphatic heterocycles. The SMILES string of the molecule is CC[C@]1(N)CCCC[C@]1(C)N. The van der Waals surface area contributed by atoms with E-state index in [0.29, 0.717) is 0 Å². The van der Waals surface area contributed by atoms with Crippen LogP contribution in [0.15, 0.2) is 0 Å². The summed E-state index contributed by atoms with van der Waals surface area (Å²) in [5.41, 5.74) is 12.1. The Morgan fingerprint density at radius 3 is 2.09 bits per heavy atom. The van der Waals surface area contributed by atoms with Crippen molar-refractivity contribution < 1.29 is 0 Å². The fraction of sp³-hybridized carbons (Fsp3) is 1.00. The second kappa shape index (κ2) is 2.76. The third kappa shape index (κ3) is 1.42. The molecular weight excluding hydrogens is 136 g/mol. The molecule has 2 nitrogen and oxygen atoms in total. The van der Waals surface area contributed by atoms with Gasteiger partial charge >= 0.3 is 0 Å². The molecule has 2 atom stereocenters. The molecule has 11 heavy (non-hydrogen) atoms. The van der Waals surface area contributed by atoms with Crippen LogP contribution in [0.2, 0.25) is 0 Å². The maximum atomic E-state index is 6.21. The molecule has 0 radical (unpaired) electrons. The van der Waals surface area contributed by atoms with Crippen molar-refractivity contribution in [1.29, 1.82) is 0 Å². The second-order valence-corrected chi connectivity index (χ2v) is 4.13. The van der Waals surface area contributed by atoms with E-state index in [9.17, 15) is 0 Å². The van der Waals surface area contributed by atoms with Gasteiger partial charge in [0.2, 0.25) is 0 Å². The van der Waals surface area contributed by atoms with Gasteiger partial charge in [-0.1, -0.05) is 19.8 Å². The molecule has 0 unspecified atom stereocenters. The Kier molecular flexibility index (Phi) is 2.26. The van der Waals surface area contributed by atoms with Gasteiger partial charge in [0.1, 0.15) is 0 Å². The molecule has 66 valence electrons. The largest absolute Gasteiger partial charge is 0.324 e. The summed E-state index contributed by atoms with van der Waals surface area (Å²) in [6.45, 7) is 4.23. The van der Waals surface area contributed by atoms with Gasteiger partial charge in [0.05, 0.1) is 0 Å². The third-order valence-corrected chi connectivity index (χ3v) is 3.34. The van der Waals surface area contributed by atoms with Crippen LogP contribution in [-0.2, 0) is 0 Å². The zero-order chi connectivity index (χ0) is 8.54. The summed E-state index contributed by atoms with van der Waals surface area (Å²) in [5.74, 6) is 0. The first kappa shape index (κ1) is 9.01. The maximum Gasteiger partial charge on any atom is 0.0331 e. The van der Waals surface area contributed by atoms with E-state index >= 15 is 0 Å². The monoisotopic (exact) mass is 156 g/mol. The highest BCUT2D eigenvalue weighted by molar-refractivity contribution is 5.05. The van der Waals surface area contributed by atoms with Gasteiger partial charge in [-0.3, -0.25) is 0 Å². The Morgan fingerprint density at radius 2 is 1.73 bits per heavy atom. The minimum absolute atomic E-state index is 0.106. The molecule has 0 bridgehead atoms. The number of hydrogen-bond donors (Lipinski definition) is 2. The van der Waals surface area contributed by atoms with Crippen LogP contribution in [0.25, 0.3) is 0 Å². The molecule has 2 heteroatoms. The highest BCUT2D eigenvalue weighted by Crippen LogP contribution is 2.35. The molecule has 0 amide bonds. The molecule has 0 saturated heterocycles. The highest BCUT2D eigenvalue weighted by Gasteiger charge is 2.42. The van der Waals surface area contributed by atoms with Gasteiger partial charge < -0.3 is 11.5 Å². The molecule has 1 rings (SSSR count). The first-order valence-corrected chi connectivity index (χ1v) is 4.60. The molecular formula is C9H20N2. The zero-order valence-electron chi connectivity index (χ0n) is 7.69. The van der Waals surface area contributed by atoms with E-state index in [1.807, 2.05) is 0 Å². The molecule has 1 aliphatic carbocycles. The van der Waals surface area contributed by atoms with E-state index < -0.39 is 0 Å². The summed E-state index contributed by atoms with van der Waals surface area (Å²) in [7, 11) is 0. The van der Waals surface area contributed by atoms with Gasteiger partial charge in [-0.15, -0.1) is 0 Å². The van der Waals surface area contributed by atoms with Crippen LogP contribution < -0.4 is 11.5 Å². The van der Waals surface area contributed by atoms with Crippen molar-refractivity contribution in [2.24, 2.45) is 11.5 Å². The minimum Gasteiger partial charge on any atom is -0.324 e. The number of rotatable bonds is 1. The van der Waals surface area contributed by atoms with Gasteiger partial charge in [-0.25, -0.2) is 0 Å². The summed E-state index contributed by atoms with van der Waals surface area (Å²) < 4.78 is 0. The molecule has 0 heterocycles. The molecule has 0 aromatic carbocycles. The highest BCUT2D eigenvalue weighted by atomic mass is 14.9. The molecule has 1 saturated carbocycles. The third-order valence-electron chi connectivity index (χ3n) is 3.34. The fourth-order valence-corrected chi connectivity index (χ4v) is 2.05. The van der Waals surface area contributed by atoms with Gasteiger partial charge in [-0.2, -0.15) is 0 Å². The summed E-state index contributed by atoms with van der Waals surface area (Å²) in [5, 5.41) is 0. The standard InChI is InChI=1S/C9H20N2/c1-3-9(11)7-5-4-6-8(9,2)10/h3-7,10-11H2,1-2H3/t8-,9-/m0/s1. The summed E-state index contributed by atoms with van der Waals surface area (Å²) in [6.07, 6.45) is 5.66. The van der Waals surface area contributed by atoms with Crippen LogP contribution in [-0.4, -0.2) is 11.1 Å². The zero-order valence-corrected chi connectivity index (χ0v) is 7.69. The van der Waals surface area contributed by atoms with Crippen molar-refractivity contribution in [3.63, 3.8) is 0 Å². The lowest BCUT2D eigenvalue weighted by atomic mass is 9.68. The Bertz CT molecular complexity index is 142. The van der Waals surface area contributed by atoms with Crippen molar-refractivity contribution in [1.82, 2.24) is 0 Å². The summed E-state index contributed by atoms with van der Waals surface area (Å²) in [6, 6.07) is 0. The average Bonchev–Trinajstić information content (AvgIpc) is 1.95. The van der Waals surface area contributed by atoms with Gasteiger partial charge in [0.25, 0.3) is 0 Å². The van der Waals surface area contributed by atoms with Crippen LogP contribution in [0.1, 0.15) is 46.0 Å². The second-order valence-electron chi connectivity index (χ2n) is 4.13. The molecule has 4 N–H and O–H groups in total. The van der Waals surface area contributed by atoms with E-state index in [4.69, 9.17) is 11.5 Å². The quantitative estimate of drug-likeness (QED) is 0.602. The van der Waals surface area contributed by atoms with Gasteiger partial charge in [0.15, 0.2) is 0 Å². The molecule has 0 aromatic heterocycles. The van der Waals surface area contributed by atoms with Gasteiger partial charge in [-0.05, 0) is 26.2 Å². The molecule has 1 fully saturated rings. The van der Waals surface area contributed by atoms with E-state index in [0.717, 1.165) is 19.3 Å². The van der Waals surface area contributed by atoms with E-state index in [1.165, 1.54) is 12.8 Å². The lowest BCUT2D eigenvalue weighted by Gasteiger charge is -2.47. The normalized spacial score (nSPS) is 45.8. The topological polar surface area (TPSA) is 52.0 Å². The van der Waals surface area contributed by atoms with Crippen LogP contribution >= 0.6 is 0 Å². The Morgan fingerprint density at radius 1 is 1.18 bits per heavy atom. The Balaban J connectivity index is 2.74. The van der Waals surface area contributed by atoms with Crippen LogP contribution in [0, 0.1) is 0 Å². The minimum atomic E-state index is -0.139. The van der Waals surface area contributed by atoms with E-state index in [1.54, 1.807) is 0 Å². The van der Waals surface area contributed by atoms with Crippen molar-refractivity contribution in [2.45, 2.75) is 57.0 Å².